The monoisotopic (exact) mass is 392 g/mol. The average Bonchev–Trinajstić information content (AvgIpc) is 2.67. The highest BCUT2D eigenvalue weighted by Gasteiger charge is 2.51. The zero-order valence-electron chi connectivity index (χ0n) is 11.4. The first kappa shape index (κ1) is 14.4. The van der Waals surface area contributed by atoms with E-state index in [9.17, 15) is 0 Å². The lowest BCUT2D eigenvalue weighted by atomic mass is 9.48. The summed E-state index contributed by atoms with van der Waals surface area (Å²) in [6.45, 7) is 0. The SMILES string of the molecule is Clc1cc(C(Cl)CC23CC4CC(CC(C4)C2)C3)sc1Br. The summed E-state index contributed by atoms with van der Waals surface area (Å²) in [6, 6.07) is 2.05. The Hall–Kier alpha value is 0.760. The van der Waals surface area contributed by atoms with E-state index in [4.69, 9.17) is 23.2 Å². The Morgan fingerprint density at radius 2 is 1.75 bits per heavy atom. The third kappa shape index (κ3) is 2.49. The van der Waals surface area contributed by atoms with Gasteiger partial charge >= 0.3 is 0 Å². The summed E-state index contributed by atoms with van der Waals surface area (Å²) in [4.78, 5) is 1.24. The predicted octanol–water partition coefficient (Wildman–Crippen LogP) is 7.05. The van der Waals surface area contributed by atoms with Gasteiger partial charge in [0.1, 0.15) is 0 Å². The van der Waals surface area contributed by atoms with Crippen LogP contribution in [0.2, 0.25) is 5.02 Å². The fourth-order valence-corrected chi connectivity index (χ4v) is 7.79. The van der Waals surface area contributed by atoms with Crippen LogP contribution < -0.4 is 0 Å². The summed E-state index contributed by atoms with van der Waals surface area (Å²) in [7, 11) is 0. The molecule has 4 aliphatic carbocycles. The smallest absolute Gasteiger partial charge is 0.0887 e. The van der Waals surface area contributed by atoms with Gasteiger partial charge in [-0.3, -0.25) is 0 Å². The van der Waals surface area contributed by atoms with Crippen molar-refractivity contribution in [1.29, 1.82) is 0 Å². The highest BCUT2D eigenvalue weighted by molar-refractivity contribution is 9.11. The van der Waals surface area contributed by atoms with Crippen LogP contribution in [-0.4, -0.2) is 0 Å². The molecular formula is C16H19BrCl2S. The van der Waals surface area contributed by atoms with Crippen LogP contribution in [0.25, 0.3) is 0 Å². The normalized spacial score (nSPS) is 40.2. The molecule has 0 aromatic carbocycles. The molecule has 0 amide bonds. The van der Waals surface area contributed by atoms with Crippen molar-refractivity contribution in [2.75, 3.05) is 0 Å². The maximum atomic E-state index is 6.76. The molecule has 4 fully saturated rings. The standard InChI is InChI=1S/C16H19BrCl2S/c17-15-12(18)4-14(20-15)13(19)8-16-5-9-1-10(6-16)3-11(2-9)7-16/h4,9-11,13H,1-3,5-8H2. The fourth-order valence-electron chi connectivity index (χ4n) is 5.54. The van der Waals surface area contributed by atoms with Crippen molar-refractivity contribution in [1.82, 2.24) is 0 Å². The van der Waals surface area contributed by atoms with Crippen LogP contribution in [0, 0.1) is 23.2 Å². The molecule has 0 aliphatic heterocycles. The van der Waals surface area contributed by atoms with Crippen LogP contribution in [0.3, 0.4) is 0 Å². The van der Waals surface area contributed by atoms with Crippen LogP contribution in [-0.2, 0) is 0 Å². The number of alkyl halides is 1. The van der Waals surface area contributed by atoms with Gasteiger partial charge in [0.25, 0.3) is 0 Å². The molecule has 1 heterocycles. The third-order valence-electron chi connectivity index (χ3n) is 5.75. The van der Waals surface area contributed by atoms with Crippen molar-refractivity contribution < 1.29 is 0 Å². The van der Waals surface area contributed by atoms with E-state index in [1.165, 1.54) is 43.4 Å². The summed E-state index contributed by atoms with van der Waals surface area (Å²) in [5.41, 5.74) is 0.546. The molecule has 0 spiro atoms. The summed E-state index contributed by atoms with van der Waals surface area (Å²) in [6.07, 6.45) is 9.96. The van der Waals surface area contributed by atoms with Crippen molar-refractivity contribution in [3.8, 4) is 0 Å². The topological polar surface area (TPSA) is 0 Å². The summed E-state index contributed by atoms with van der Waals surface area (Å²) >= 11 is 18.1. The minimum Gasteiger partial charge on any atom is -0.130 e. The van der Waals surface area contributed by atoms with Crippen molar-refractivity contribution in [3.63, 3.8) is 0 Å². The second kappa shape index (κ2) is 5.15. The van der Waals surface area contributed by atoms with E-state index in [-0.39, 0.29) is 5.38 Å². The molecule has 4 aliphatic rings. The van der Waals surface area contributed by atoms with Crippen LogP contribution in [0.1, 0.15) is 55.2 Å². The molecule has 1 aromatic rings. The molecular weight excluding hydrogens is 375 g/mol. The lowest BCUT2D eigenvalue weighted by Crippen LogP contribution is -2.46. The molecule has 1 aromatic heterocycles. The van der Waals surface area contributed by atoms with Gasteiger partial charge < -0.3 is 0 Å². The number of halogens is 3. The van der Waals surface area contributed by atoms with E-state index in [2.05, 4.69) is 22.0 Å². The van der Waals surface area contributed by atoms with Crippen LogP contribution >= 0.6 is 50.5 Å². The van der Waals surface area contributed by atoms with Crippen LogP contribution in [0.15, 0.2) is 9.85 Å². The minimum absolute atomic E-state index is 0.139. The van der Waals surface area contributed by atoms with Gasteiger partial charge in [-0.2, -0.15) is 0 Å². The predicted molar refractivity (Wildman–Crippen MR) is 90.8 cm³/mol. The van der Waals surface area contributed by atoms with Gasteiger partial charge in [-0.05, 0) is 90.1 Å². The Bertz CT molecular complexity index is 470. The summed E-state index contributed by atoms with van der Waals surface area (Å²) in [5.74, 6) is 3.01. The molecule has 4 saturated carbocycles. The molecule has 0 saturated heterocycles. The van der Waals surface area contributed by atoms with Gasteiger partial charge in [0.15, 0.2) is 0 Å². The average molecular weight is 394 g/mol. The van der Waals surface area contributed by atoms with Crippen LogP contribution in [0.4, 0.5) is 0 Å². The molecule has 1 atom stereocenters. The van der Waals surface area contributed by atoms with Crippen molar-refractivity contribution in [2.24, 2.45) is 23.2 Å². The number of hydrogen-bond acceptors (Lipinski definition) is 1. The maximum Gasteiger partial charge on any atom is 0.0887 e. The molecule has 0 N–H and O–H groups in total. The summed E-state index contributed by atoms with van der Waals surface area (Å²) < 4.78 is 1.02. The largest absolute Gasteiger partial charge is 0.130 e. The molecule has 0 radical (unpaired) electrons. The first-order valence-electron chi connectivity index (χ1n) is 7.62. The Labute approximate surface area is 143 Å². The Morgan fingerprint density at radius 3 is 2.20 bits per heavy atom. The Kier molecular flexibility index (Phi) is 3.69. The fraction of sp³-hybridized carbons (Fsp3) is 0.750. The van der Waals surface area contributed by atoms with E-state index < -0.39 is 0 Å². The first-order chi connectivity index (χ1) is 9.53. The van der Waals surface area contributed by atoms with Gasteiger partial charge in [-0.15, -0.1) is 22.9 Å². The second-order valence-corrected chi connectivity index (χ2v) is 10.7. The first-order valence-corrected chi connectivity index (χ1v) is 10.0. The second-order valence-electron chi connectivity index (χ2n) is 7.36. The van der Waals surface area contributed by atoms with Gasteiger partial charge in [-0.1, -0.05) is 11.6 Å². The van der Waals surface area contributed by atoms with Gasteiger partial charge in [0, 0.05) is 4.88 Å². The molecule has 4 bridgehead atoms. The Morgan fingerprint density at radius 1 is 1.20 bits per heavy atom. The van der Waals surface area contributed by atoms with E-state index in [1.54, 1.807) is 11.3 Å². The number of rotatable bonds is 3. The third-order valence-corrected chi connectivity index (χ3v) is 8.86. The lowest BCUT2D eigenvalue weighted by molar-refractivity contribution is -0.0575. The molecule has 0 nitrogen and oxygen atoms in total. The minimum atomic E-state index is 0.139. The number of hydrogen-bond donors (Lipinski definition) is 0. The van der Waals surface area contributed by atoms with E-state index in [0.717, 1.165) is 33.0 Å². The number of thiophene rings is 1. The molecule has 5 rings (SSSR count). The highest BCUT2D eigenvalue weighted by atomic mass is 79.9. The van der Waals surface area contributed by atoms with E-state index >= 15 is 0 Å². The van der Waals surface area contributed by atoms with E-state index in [0.29, 0.717) is 5.41 Å². The molecule has 4 heteroatoms. The molecule has 110 valence electrons. The van der Waals surface area contributed by atoms with Gasteiger partial charge in [0.05, 0.1) is 14.2 Å². The summed E-state index contributed by atoms with van der Waals surface area (Å²) in [5, 5.41) is 0.946. The maximum absolute atomic E-state index is 6.76. The van der Waals surface area contributed by atoms with Gasteiger partial charge in [-0.25, -0.2) is 0 Å². The lowest BCUT2D eigenvalue weighted by Gasteiger charge is -2.57. The molecule has 1 unspecified atom stereocenters. The highest BCUT2D eigenvalue weighted by Crippen LogP contribution is 2.63. The Balaban J connectivity index is 1.53. The zero-order chi connectivity index (χ0) is 13.9. The van der Waals surface area contributed by atoms with Crippen molar-refractivity contribution >= 4 is 50.5 Å². The quantitative estimate of drug-likeness (QED) is 0.482. The van der Waals surface area contributed by atoms with Crippen LogP contribution in [0.5, 0.6) is 0 Å². The van der Waals surface area contributed by atoms with Crippen molar-refractivity contribution in [2.45, 2.75) is 50.3 Å². The van der Waals surface area contributed by atoms with E-state index in [1.807, 2.05) is 0 Å². The zero-order valence-corrected chi connectivity index (χ0v) is 15.3. The van der Waals surface area contributed by atoms with Crippen molar-refractivity contribution in [3.05, 3.63) is 19.8 Å². The van der Waals surface area contributed by atoms with Gasteiger partial charge in [0.2, 0.25) is 0 Å². The molecule has 20 heavy (non-hydrogen) atoms.